The summed E-state index contributed by atoms with van der Waals surface area (Å²) in [5.41, 5.74) is 5.35. The zero-order valence-electron chi connectivity index (χ0n) is 19.4. The van der Waals surface area contributed by atoms with Crippen LogP contribution in [0.25, 0.3) is 0 Å². The van der Waals surface area contributed by atoms with Crippen LogP contribution in [-0.2, 0) is 5.41 Å². The second kappa shape index (κ2) is 13.2. The molecule has 0 saturated carbocycles. The van der Waals surface area contributed by atoms with E-state index in [2.05, 4.69) is 31.8 Å². The summed E-state index contributed by atoms with van der Waals surface area (Å²) in [4.78, 5) is 14.3. The summed E-state index contributed by atoms with van der Waals surface area (Å²) in [6.45, 7) is 2.74. The van der Waals surface area contributed by atoms with E-state index in [4.69, 9.17) is 33.7 Å². The average Bonchev–Trinajstić information content (AvgIpc) is 2.70. The minimum atomic E-state index is -4.45. The van der Waals surface area contributed by atoms with Gasteiger partial charge in [0, 0.05) is 11.6 Å². The number of halogens is 8. The lowest BCUT2D eigenvalue weighted by Gasteiger charge is -2.24. The average molecular weight is 593 g/mol. The molecule has 0 spiro atoms. The third-order valence-electron chi connectivity index (χ3n) is 3.91. The van der Waals surface area contributed by atoms with E-state index >= 15 is 0 Å². The predicted octanol–water partition coefficient (Wildman–Crippen LogP) is 8.05. The lowest BCUT2D eigenvalue weighted by atomic mass is 9.85. The number of thiocarbonyl (C=S) groups is 1. The van der Waals surface area contributed by atoms with Crippen molar-refractivity contribution >= 4 is 52.4 Å². The number of ether oxygens (including phenoxy) is 3. The van der Waals surface area contributed by atoms with Crippen LogP contribution in [0.4, 0.5) is 36.8 Å². The fraction of sp³-hybridized carbons (Fsp3) is 0.364. The number of hydrogen-bond donors (Lipinski definition) is 1. The Bertz CT molecular complexity index is 1150. The molecular weight excluding hydrogens is 573 g/mol. The Morgan fingerprint density at radius 2 is 1.49 bits per heavy atom. The van der Waals surface area contributed by atoms with E-state index in [1.54, 1.807) is 0 Å². The molecule has 37 heavy (non-hydrogen) atoms. The Labute approximate surface area is 223 Å². The molecule has 0 unspecified atom stereocenters. The van der Waals surface area contributed by atoms with Crippen molar-refractivity contribution < 1.29 is 45.3 Å². The summed E-state index contributed by atoms with van der Waals surface area (Å²) in [5.74, 6) is -0.181. The maximum absolute atomic E-state index is 12.2. The molecule has 0 aromatic heterocycles. The van der Waals surface area contributed by atoms with Gasteiger partial charge in [0.1, 0.15) is 17.2 Å². The monoisotopic (exact) mass is 592 g/mol. The number of hydrogen-bond acceptors (Lipinski definition) is 6. The SMILES string of the molecule is CC(C)(C)c1c(N=C=S)ccc(OCC(F)(F)F)c1Cl.NC(=O)Oc1ccc(OCC(F)(F)F)c(Cl)c1. The van der Waals surface area contributed by atoms with Gasteiger partial charge in [-0.2, -0.15) is 31.3 Å². The van der Waals surface area contributed by atoms with Gasteiger partial charge in [-0.25, -0.2) is 4.79 Å². The number of primary amides is 1. The molecule has 0 aliphatic rings. The van der Waals surface area contributed by atoms with Crippen LogP contribution in [0.5, 0.6) is 17.2 Å². The number of alkyl halides is 6. The van der Waals surface area contributed by atoms with Crippen molar-refractivity contribution in [3.05, 3.63) is 45.9 Å². The van der Waals surface area contributed by atoms with Crippen molar-refractivity contribution in [3.63, 3.8) is 0 Å². The summed E-state index contributed by atoms with van der Waals surface area (Å²) < 4.78 is 85.8. The van der Waals surface area contributed by atoms with Crippen LogP contribution in [-0.4, -0.2) is 36.8 Å². The number of amides is 1. The minimum Gasteiger partial charge on any atom is -0.483 e. The highest BCUT2D eigenvalue weighted by atomic mass is 35.5. The fourth-order valence-electron chi connectivity index (χ4n) is 2.61. The highest BCUT2D eigenvalue weighted by Crippen LogP contribution is 2.42. The van der Waals surface area contributed by atoms with E-state index < -0.39 is 37.1 Å². The molecule has 0 heterocycles. The van der Waals surface area contributed by atoms with Crippen LogP contribution >= 0.6 is 35.4 Å². The van der Waals surface area contributed by atoms with E-state index in [9.17, 15) is 31.1 Å². The van der Waals surface area contributed by atoms with Gasteiger partial charge < -0.3 is 19.9 Å². The molecule has 0 fully saturated rings. The summed E-state index contributed by atoms with van der Waals surface area (Å²) in [6, 6.07) is 6.33. The van der Waals surface area contributed by atoms with Crippen LogP contribution in [0.3, 0.4) is 0 Å². The molecular formula is C22H20Cl2F6N2O4S. The van der Waals surface area contributed by atoms with E-state index in [1.165, 1.54) is 18.2 Å². The third kappa shape index (κ3) is 11.9. The zero-order chi connectivity index (χ0) is 28.6. The molecule has 6 nitrogen and oxygen atoms in total. The topological polar surface area (TPSA) is 83.1 Å². The first kappa shape index (κ1) is 32.3. The van der Waals surface area contributed by atoms with Crippen molar-refractivity contribution in [2.75, 3.05) is 13.2 Å². The van der Waals surface area contributed by atoms with Crippen LogP contribution in [0.2, 0.25) is 10.0 Å². The molecule has 0 aliphatic heterocycles. The lowest BCUT2D eigenvalue weighted by molar-refractivity contribution is -0.154. The quantitative estimate of drug-likeness (QED) is 0.208. The van der Waals surface area contributed by atoms with Gasteiger partial charge in [-0.05, 0) is 41.9 Å². The van der Waals surface area contributed by atoms with Crippen LogP contribution in [0.15, 0.2) is 35.3 Å². The molecule has 0 aliphatic carbocycles. The molecule has 0 radical (unpaired) electrons. The number of aliphatic imine (C=N–C) groups is 1. The summed E-state index contributed by atoms with van der Waals surface area (Å²) in [7, 11) is 0. The molecule has 0 atom stereocenters. The molecule has 2 aromatic carbocycles. The number of carbonyl (C=O) groups is 1. The van der Waals surface area contributed by atoms with Crippen molar-refractivity contribution in [2.24, 2.45) is 10.7 Å². The van der Waals surface area contributed by atoms with Crippen molar-refractivity contribution in [2.45, 2.75) is 38.5 Å². The second-order valence-electron chi connectivity index (χ2n) is 8.05. The van der Waals surface area contributed by atoms with Crippen LogP contribution in [0, 0.1) is 0 Å². The van der Waals surface area contributed by atoms with Gasteiger partial charge in [0.15, 0.2) is 13.2 Å². The second-order valence-corrected chi connectivity index (χ2v) is 9.01. The molecule has 2 rings (SSSR count). The molecule has 15 heteroatoms. The predicted molar refractivity (Wildman–Crippen MR) is 130 cm³/mol. The molecule has 2 aromatic rings. The first-order valence-electron chi connectivity index (χ1n) is 9.91. The smallest absolute Gasteiger partial charge is 0.422 e. The molecule has 204 valence electrons. The number of nitrogens with zero attached hydrogens (tertiary/aromatic N) is 1. The Balaban J connectivity index is 0.000000375. The van der Waals surface area contributed by atoms with Crippen molar-refractivity contribution in [1.29, 1.82) is 0 Å². The normalized spacial score (nSPS) is 11.5. The van der Waals surface area contributed by atoms with Gasteiger partial charge in [-0.1, -0.05) is 44.0 Å². The van der Waals surface area contributed by atoms with Gasteiger partial charge in [-0.15, -0.1) is 0 Å². The fourth-order valence-corrected chi connectivity index (χ4v) is 3.43. The van der Waals surface area contributed by atoms with Gasteiger partial charge >= 0.3 is 18.4 Å². The maximum atomic E-state index is 12.2. The maximum Gasteiger partial charge on any atom is 0.422 e. The van der Waals surface area contributed by atoms with Gasteiger partial charge in [0.05, 0.1) is 20.9 Å². The van der Waals surface area contributed by atoms with E-state index in [0.717, 1.165) is 12.1 Å². The molecule has 2 N–H and O–H groups in total. The lowest BCUT2D eigenvalue weighted by Crippen LogP contribution is -2.20. The standard InChI is InChI=1S/C13H13ClF3NOS.C9H7ClF3NO3/c1-12(2,3)10-8(18-7-20)4-5-9(11(10)14)19-6-13(15,16)17;10-6-3-5(17-8(14)15)1-2-7(6)16-4-9(11,12)13/h4-5H,6H2,1-3H3;1-3H,4H2,(H2,14,15). The van der Waals surface area contributed by atoms with Crippen LogP contribution in [0.1, 0.15) is 26.3 Å². The van der Waals surface area contributed by atoms with Gasteiger partial charge in [-0.3, -0.25) is 0 Å². The summed E-state index contributed by atoms with van der Waals surface area (Å²) in [6.07, 6.45) is -9.92. The van der Waals surface area contributed by atoms with E-state index in [1.807, 2.05) is 20.8 Å². The first-order valence-corrected chi connectivity index (χ1v) is 11.1. The Hall–Kier alpha value is -2.73. The van der Waals surface area contributed by atoms with Crippen molar-refractivity contribution in [1.82, 2.24) is 0 Å². The number of nitrogens with two attached hydrogens (primary N) is 1. The Morgan fingerprint density at radius 3 is 1.92 bits per heavy atom. The highest BCUT2D eigenvalue weighted by Gasteiger charge is 2.30. The summed E-state index contributed by atoms with van der Waals surface area (Å²) in [5, 5.41) is 2.22. The zero-order valence-corrected chi connectivity index (χ0v) is 21.7. The molecule has 1 amide bonds. The number of rotatable bonds is 6. The first-order chi connectivity index (χ1) is 16.8. The number of carbonyl (C=O) groups excluding carboxylic acids is 1. The summed E-state index contributed by atoms with van der Waals surface area (Å²) >= 11 is 16.3. The van der Waals surface area contributed by atoms with E-state index in [-0.39, 0.29) is 27.3 Å². The van der Waals surface area contributed by atoms with Crippen LogP contribution < -0.4 is 19.9 Å². The third-order valence-corrected chi connectivity index (χ3v) is 4.67. The number of benzene rings is 2. The molecule has 0 bridgehead atoms. The Morgan fingerprint density at radius 1 is 0.973 bits per heavy atom. The minimum absolute atomic E-state index is 0.0156. The Kier molecular flexibility index (Phi) is 11.5. The van der Waals surface area contributed by atoms with Crippen molar-refractivity contribution in [3.8, 4) is 17.2 Å². The molecule has 0 saturated heterocycles. The largest absolute Gasteiger partial charge is 0.483 e. The number of isothiocyanates is 1. The van der Waals surface area contributed by atoms with Gasteiger partial charge in [0.2, 0.25) is 0 Å². The van der Waals surface area contributed by atoms with Gasteiger partial charge in [0.25, 0.3) is 0 Å². The van der Waals surface area contributed by atoms with E-state index in [0.29, 0.717) is 11.3 Å². The highest BCUT2D eigenvalue weighted by molar-refractivity contribution is 7.78.